The van der Waals surface area contributed by atoms with Crippen molar-refractivity contribution in [1.29, 1.82) is 0 Å². The normalized spacial score (nSPS) is 11.3. The van der Waals surface area contributed by atoms with E-state index in [2.05, 4.69) is 10.5 Å². The highest BCUT2D eigenvalue weighted by Crippen LogP contribution is 2.34. The van der Waals surface area contributed by atoms with E-state index in [1.807, 2.05) is 24.3 Å². The van der Waals surface area contributed by atoms with Crippen molar-refractivity contribution in [2.75, 3.05) is 0 Å². The molecular formula is C16H9Cl3N2OS. The molecule has 1 amide bonds. The van der Waals surface area contributed by atoms with Crippen LogP contribution in [0, 0.1) is 0 Å². The van der Waals surface area contributed by atoms with Gasteiger partial charge in [0, 0.05) is 10.1 Å². The fraction of sp³-hybridized carbons (Fsp3) is 0. The number of halogens is 3. The first kappa shape index (κ1) is 16.3. The largest absolute Gasteiger partial charge is 0.283 e. The molecule has 3 nitrogen and oxygen atoms in total. The first-order valence-electron chi connectivity index (χ1n) is 6.52. The number of hydrogen-bond donors (Lipinski definition) is 1. The van der Waals surface area contributed by atoms with Gasteiger partial charge in [-0.15, -0.1) is 11.3 Å². The summed E-state index contributed by atoms with van der Waals surface area (Å²) in [6, 6.07) is 12.6. The van der Waals surface area contributed by atoms with E-state index in [-0.39, 0.29) is 5.91 Å². The van der Waals surface area contributed by atoms with Crippen molar-refractivity contribution in [2.45, 2.75) is 0 Å². The molecule has 0 bridgehead atoms. The molecular weight excluding hydrogens is 375 g/mol. The lowest BCUT2D eigenvalue weighted by molar-refractivity contribution is 0.0959. The number of rotatable bonds is 3. The molecule has 1 aromatic heterocycles. The van der Waals surface area contributed by atoms with Gasteiger partial charge in [0.05, 0.1) is 21.3 Å². The Hall–Kier alpha value is -1.59. The lowest BCUT2D eigenvalue weighted by Crippen LogP contribution is -2.16. The Labute approximate surface area is 151 Å². The first-order chi connectivity index (χ1) is 11.1. The smallest absolute Gasteiger partial charge is 0.266 e. The number of amides is 1. The van der Waals surface area contributed by atoms with Crippen LogP contribution in [0.4, 0.5) is 0 Å². The predicted octanol–water partition coefficient (Wildman–Crippen LogP) is 5.63. The molecule has 0 unspecified atom stereocenters. The Bertz CT molecular complexity index is 921. The number of fused-ring (bicyclic) bond motifs is 1. The summed E-state index contributed by atoms with van der Waals surface area (Å²) >= 11 is 19.3. The molecule has 0 radical (unpaired) electrons. The van der Waals surface area contributed by atoms with E-state index < -0.39 is 0 Å². The topological polar surface area (TPSA) is 41.5 Å². The van der Waals surface area contributed by atoms with Crippen LogP contribution in [0.3, 0.4) is 0 Å². The van der Waals surface area contributed by atoms with Gasteiger partial charge in [-0.25, -0.2) is 5.43 Å². The third-order valence-electron chi connectivity index (χ3n) is 3.06. The van der Waals surface area contributed by atoms with Crippen molar-refractivity contribution >= 4 is 68.3 Å². The SMILES string of the molecule is O=C(NN=Cc1ccc(Cl)c(Cl)c1)c1sc2ccccc2c1Cl. The third-order valence-corrected chi connectivity index (χ3v) is 5.48. The molecule has 23 heavy (non-hydrogen) atoms. The second-order valence-corrected chi connectivity index (χ2v) is 6.86. The van der Waals surface area contributed by atoms with Gasteiger partial charge < -0.3 is 0 Å². The Kier molecular flexibility index (Phi) is 4.87. The molecule has 0 spiro atoms. The van der Waals surface area contributed by atoms with Gasteiger partial charge in [0.25, 0.3) is 5.91 Å². The highest BCUT2D eigenvalue weighted by atomic mass is 35.5. The molecule has 1 heterocycles. The van der Waals surface area contributed by atoms with Crippen LogP contribution < -0.4 is 5.43 Å². The van der Waals surface area contributed by atoms with Crippen LogP contribution in [-0.2, 0) is 0 Å². The average molecular weight is 384 g/mol. The summed E-state index contributed by atoms with van der Waals surface area (Å²) in [7, 11) is 0. The number of hydrogen-bond acceptors (Lipinski definition) is 3. The molecule has 3 rings (SSSR count). The van der Waals surface area contributed by atoms with Crippen LogP contribution in [0.1, 0.15) is 15.2 Å². The quantitative estimate of drug-likeness (QED) is 0.462. The van der Waals surface area contributed by atoms with Crippen molar-refractivity contribution < 1.29 is 4.79 Å². The van der Waals surface area contributed by atoms with E-state index in [0.717, 1.165) is 15.6 Å². The van der Waals surface area contributed by atoms with Crippen LogP contribution in [0.5, 0.6) is 0 Å². The molecule has 1 N–H and O–H groups in total. The molecule has 0 aliphatic heterocycles. The fourth-order valence-corrected chi connectivity index (χ4v) is 3.68. The van der Waals surface area contributed by atoms with Crippen LogP contribution in [0.25, 0.3) is 10.1 Å². The Morgan fingerprint density at radius 3 is 2.61 bits per heavy atom. The maximum absolute atomic E-state index is 12.2. The van der Waals surface area contributed by atoms with Gasteiger partial charge in [0.2, 0.25) is 0 Å². The molecule has 0 aliphatic rings. The Morgan fingerprint density at radius 1 is 1.09 bits per heavy atom. The number of thiophene rings is 1. The molecule has 0 saturated carbocycles. The van der Waals surface area contributed by atoms with Crippen molar-refractivity contribution in [3.8, 4) is 0 Å². The van der Waals surface area contributed by atoms with Crippen molar-refractivity contribution in [2.24, 2.45) is 5.10 Å². The highest BCUT2D eigenvalue weighted by Gasteiger charge is 2.16. The molecule has 0 atom stereocenters. The lowest BCUT2D eigenvalue weighted by Gasteiger charge is -1.99. The molecule has 0 saturated heterocycles. The molecule has 116 valence electrons. The zero-order chi connectivity index (χ0) is 16.4. The van der Waals surface area contributed by atoms with Gasteiger partial charge in [0.1, 0.15) is 4.88 Å². The Balaban J connectivity index is 1.77. The van der Waals surface area contributed by atoms with Gasteiger partial charge in [-0.05, 0) is 23.8 Å². The summed E-state index contributed by atoms with van der Waals surface area (Å²) in [5.74, 6) is -0.354. The minimum absolute atomic E-state index is 0.354. The number of carbonyl (C=O) groups excluding carboxylic acids is 1. The van der Waals surface area contributed by atoms with Gasteiger partial charge in [-0.2, -0.15) is 5.10 Å². The summed E-state index contributed by atoms with van der Waals surface area (Å²) in [6.45, 7) is 0. The predicted molar refractivity (Wildman–Crippen MR) is 98.4 cm³/mol. The standard InChI is InChI=1S/C16H9Cl3N2OS/c17-11-6-5-9(7-12(11)18)8-20-21-16(22)15-14(19)10-3-1-2-4-13(10)23-15/h1-8H,(H,21,22). The summed E-state index contributed by atoms with van der Waals surface area (Å²) in [4.78, 5) is 12.6. The third kappa shape index (κ3) is 3.51. The van der Waals surface area contributed by atoms with E-state index in [1.54, 1.807) is 18.2 Å². The van der Waals surface area contributed by atoms with Gasteiger partial charge >= 0.3 is 0 Å². The number of nitrogens with one attached hydrogen (secondary N) is 1. The summed E-state index contributed by atoms with van der Waals surface area (Å²) in [5, 5.41) is 6.11. The maximum atomic E-state index is 12.2. The van der Waals surface area contributed by atoms with E-state index in [9.17, 15) is 4.79 Å². The lowest BCUT2D eigenvalue weighted by atomic mass is 10.2. The Morgan fingerprint density at radius 2 is 1.87 bits per heavy atom. The second-order valence-electron chi connectivity index (χ2n) is 4.61. The average Bonchev–Trinajstić information content (AvgIpc) is 2.88. The zero-order valence-corrected chi connectivity index (χ0v) is 14.6. The van der Waals surface area contributed by atoms with Crippen molar-refractivity contribution in [3.05, 3.63) is 68.0 Å². The fourth-order valence-electron chi connectivity index (χ4n) is 1.97. The van der Waals surface area contributed by atoms with E-state index in [4.69, 9.17) is 34.8 Å². The van der Waals surface area contributed by atoms with E-state index >= 15 is 0 Å². The van der Waals surface area contributed by atoms with Gasteiger partial charge in [-0.1, -0.05) is 59.1 Å². The maximum Gasteiger partial charge on any atom is 0.283 e. The van der Waals surface area contributed by atoms with Crippen molar-refractivity contribution in [3.63, 3.8) is 0 Å². The molecule has 0 fully saturated rings. The summed E-state index contributed by atoms with van der Waals surface area (Å²) in [6.07, 6.45) is 1.49. The van der Waals surface area contributed by atoms with Crippen LogP contribution in [0.2, 0.25) is 15.1 Å². The minimum atomic E-state index is -0.354. The van der Waals surface area contributed by atoms with E-state index in [1.165, 1.54) is 17.6 Å². The molecule has 3 aromatic rings. The molecule has 2 aromatic carbocycles. The van der Waals surface area contributed by atoms with E-state index in [0.29, 0.717) is 19.9 Å². The van der Waals surface area contributed by atoms with Crippen LogP contribution >= 0.6 is 46.1 Å². The molecule has 7 heteroatoms. The van der Waals surface area contributed by atoms with Crippen molar-refractivity contribution in [1.82, 2.24) is 5.43 Å². The zero-order valence-electron chi connectivity index (χ0n) is 11.5. The van der Waals surface area contributed by atoms with Crippen LogP contribution in [0.15, 0.2) is 47.6 Å². The number of benzene rings is 2. The first-order valence-corrected chi connectivity index (χ1v) is 8.47. The summed E-state index contributed by atoms with van der Waals surface area (Å²) < 4.78 is 0.955. The van der Waals surface area contributed by atoms with Crippen LogP contribution in [-0.4, -0.2) is 12.1 Å². The summed E-state index contributed by atoms with van der Waals surface area (Å²) in [5.41, 5.74) is 3.19. The minimum Gasteiger partial charge on any atom is -0.266 e. The number of hydrazone groups is 1. The monoisotopic (exact) mass is 382 g/mol. The number of nitrogens with zero attached hydrogens (tertiary/aromatic N) is 1. The molecule has 0 aliphatic carbocycles. The highest BCUT2D eigenvalue weighted by molar-refractivity contribution is 7.21. The number of carbonyl (C=O) groups is 1. The van der Waals surface area contributed by atoms with Gasteiger partial charge in [-0.3, -0.25) is 4.79 Å². The van der Waals surface area contributed by atoms with Gasteiger partial charge in [0.15, 0.2) is 0 Å². The second kappa shape index (κ2) is 6.89.